The lowest BCUT2D eigenvalue weighted by molar-refractivity contribution is 0.0526. The standard InChI is InChI=1S/C17H19FO6S/c1-2-7-17(8-3-4-9-17)24-15-12-13(5-6-14(15)18)16(19)23-10-11-25(20,21)22/h5-6,12H,3-4,8-11H2,1H3,(H,20,21,22)/p-1. The first-order chi connectivity index (χ1) is 11.7. The number of benzene rings is 1. The molecule has 0 heterocycles. The van der Waals surface area contributed by atoms with Crippen molar-refractivity contribution in [1.82, 2.24) is 0 Å². The topological polar surface area (TPSA) is 92.7 Å². The van der Waals surface area contributed by atoms with Gasteiger partial charge in [-0.05, 0) is 50.8 Å². The van der Waals surface area contributed by atoms with E-state index in [0.717, 1.165) is 18.9 Å². The second kappa shape index (κ2) is 7.85. The van der Waals surface area contributed by atoms with Gasteiger partial charge in [-0.15, -0.1) is 5.92 Å². The number of halogens is 1. The Morgan fingerprint density at radius 1 is 1.36 bits per heavy atom. The Hall–Kier alpha value is -2.11. The molecule has 0 radical (unpaired) electrons. The molecule has 2 rings (SSSR count). The summed E-state index contributed by atoms with van der Waals surface area (Å²) in [5.74, 6) is 3.33. The van der Waals surface area contributed by atoms with E-state index >= 15 is 0 Å². The van der Waals surface area contributed by atoms with E-state index in [1.54, 1.807) is 6.92 Å². The van der Waals surface area contributed by atoms with Gasteiger partial charge in [0, 0.05) is 0 Å². The molecule has 0 amide bonds. The van der Waals surface area contributed by atoms with Crippen LogP contribution in [0.15, 0.2) is 18.2 Å². The van der Waals surface area contributed by atoms with E-state index in [-0.39, 0.29) is 11.3 Å². The molecule has 0 aromatic heterocycles. The van der Waals surface area contributed by atoms with Crippen LogP contribution in [0.2, 0.25) is 0 Å². The van der Waals surface area contributed by atoms with Gasteiger partial charge in [-0.25, -0.2) is 17.6 Å². The second-order valence-electron chi connectivity index (χ2n) is 5.72. The van der Waals surface area contributed by atoms with Crippen LogP contribution in [0.1, 0.15) is 43.0 Å². The van der Waals surface area contributed by atoms with Gasteiger partial charge in [-0.1, -0.05) is 5.92 Å². The number of carbonyl (C=O) groups is 1. The molecule has 0 saturated heterocycles. The predicted molar refractivity (Wildman–Crippen MR) is 86.5 cm³/mol. The summed E-state index contributed by atoms with van der Waals surface area (Å²) in [5.41, 5.74) is -0.772. The maximum Gasteiger partial charge on any atom is 0.338 e. The summed E-state index contributed by atoms with van der Waals surface area (Å²) < 4.78 is 56.1. The zero-order valence-electron chi connectivity index (χ0n) is 13.7. The lowest BCUT2D eigenvalue weighted by Crippen LogP contribution is -2.31. The molecule has 1 aliphatic rings. The monoisotopic (exact) mass is 369 g/mol. The third-order valence-corrected chi connectivity index (χ3v) is 4.47. The molecule has 0 unspecified atom stereocenters. The number of esters is 1. The van der Waals surface area contributed by atoms with E-state index in [2.05, 4.69) is 11.8 Å². The van der Waals surface area contributed by atoms with Gasteiger partial charge in [0.15, 0.2) is 17.2 Å². The summed E-state index contributed by atoms with van der Waals surface area (Å²) in [6.07, 6.45) is 3.18. The number of rotatable bonds is 6. The van der Waals surface area contributed by atoms with Gasteiger partial charge in [-0.2, -0.15) is 0 Å². The van der Waals surface area contributed by atoms with Crippen molar-refractivity contribution in [1.29, 1.82) is 0 Å². The highest BCUT2D eigenvalue weighted by molar-refractivity contribution is 7.85. The van der Waals surface area contributed by atoms with Crippen molar-refractivity contribution in [3.05, 3.63) is 29.6 Å². The van der Waals surface area contributed by atoms with Gasteiger partial charge in [-0.3, -0.25) is 0 Å². The van der Waals surface area contributed by atoms with Crippen LogP contribution >= 0.6 is 0 Å². The average molecular weight is 369 g/mol. The van der Waals surface area contributed by atoms with Crippen LogP contribution in [-0.4, -0.2) is 36.9 Å². The second-order valence-corrected chi connectivity index (χ2v) is 7.24. The smallest absolute Gasteiger partial charge is 0.338 e. The Labute approximate surface area is 146 Å². The number of ether oxygens (including phenoxy) is 2. The van der Waals surface area contributed by atoms with Crippen molar-refractivity contribution in [2.24, 2.45) is 0 Å². The molecule has 0 N–H and O–H groups in total. The van der Waals surface area contributed by atoms with Crippen molar-refractivity contribution in [3.63, 3.8) is 0 Å². The zero-order valence-corrected chi connectivity index (χ0v) is 14.5. The Morgan fingerprint density at radius 2 is 2.04 bits per heavy atom. The predicted octanol–water partition coefficient (Wildman–Crippen LogP) is 2.24. The van der Waals surface area contributed by atoms with Crippen molar-refractivity contribution >= 4 is 16.1 Å². The summed E-state index contributed by atoms with van der Waals surface area (Å²) in [6, 6.07) is 3.46. The first-order valence-electron chi connectivity index (χ1n) is 7.78. The largest absolute Gasteiger partial charge is 0.748 e. The minimum atomic E-state index is -4.47. The molecule has 0 bridgehead atoms. The van der Waals surface area contributed by atoms with Gasteiger partial charge >= 0.3 is 5.97 Å². The average Bonchev–Trinajstić information content (AvgIpc) is 2.97. The van der Waals surface area contributed by atoms with Gasteiger partial charge < -0.3 is 14.0 Å². The fourth-order valence-electron chi connectivity index (χ4n) is 2.67. The summed E-state index contributed by atoms with van der Waals surface area (Å²) in [6.45, 7) is 1.11. The Bertz CT molecular complexity index is 800. The summed E-state index contributed by atoms with van der Waals surface area (Å²) in [7, 11) is -4.47. The molecular formula is C17H18FO6S-. The quantitative estimate of drug-likeness (QED) is 0.434. The highest BCUT2D eigenvalue weighted by Crippen LogP contribution is 2.35. The lowest BCUT2D eigenvalue weighted by Gasteiger charge is -2.25. The molecule has 136 valence electrons. The summed E-state index contributed by atoms with van der Waals surface area (Å²) in [4.78, 5) is 11.9. The molecule has 1 aromatic carbocycles. The highest BCUT2D eigenvalue weighted by Gasteiger charge is 2.35. The molecule has 25 heavy (non-hydrogen) atoms. The molecule has 1 aromatic rings. The van der Waals surface area contributed by atoms with Gasteiger partial charge in [0.25, 0.3) is 0 Å². The molecule has 1 fully saturated rings. The maximum atomic E-state index is 14.1. The van der Waals surface area contributed by atoms with Gasteiger partial charge in [0.1, 0.15) is 6.61 Å². The van der Waals surface area contributed by atoms with E-state index < -0.39 is 39.9 Å². The lowest BCUT2D eigenvalue weighted by atomic mass is 10.0. The maximum absolute atomic E-state index is 14.1. The SMILES string of the molecule is CC#CC1(Oc2cc(C(=O)OCCS(=O)(=O)[O-])ccc2F)CCCC1. The molecule has 8 heteroatoms. The van der Waals surface area contributed by atoms with E-state index in [9.17, 15) is 22.2 Å². The van der Waals surface area contributed by atoms with Crippen molar-refractivity contribution in [2.45, 2.75) is 38.2 Å². The number of carbonyl (C=O) groups excluding carboxylic acids is 1. The number of hydrogen-bond acceptors (Lipinski definition) is 6. The summed E-state index contributed by atoms with van der Waals surface area (Å²) in [5, 5.41) is 0. The highest BCUT2D eigenvalue weighted by atomic mass is 32.2. The number of hydrogen-bond donors (Lipinski definition) is 0. The Morgan fingerprint density at radius 3 is 2.64 bits per heavy atom. The fraction of sp³-hybridized carbons (Fsp3) is 0.471. The van der Waals surface area contributed by atoms with Crippen LogP contribution in [0.3, 0.4) is 0 Å². The van der Waals surface area contributed by atoms with E-state index in [4.69, 9.17) is 9.47 Å². The van der Waals surface area contributed by atoms with E-state index in [1.807, 2.05) is 0 Å². The fourth-order valence-corrected chi connectivity index (χ4v) is 2.95. The normalized spacial score (nSPS) is 16.0. The molecule has 6 nitrogen and oxygen atoms in total. The molecule has 1 aliphatic carbocycles. The van der Waals surface area contributed by atoms with Crippen molar-refractivity contribution < 1.29 is 31.6 Å². The summed E-state index contributed by atoms with van der Waals surface area (Å²) >= 11 is 0. The molecular weight excluding hydrogens is 351 g/mol. The Kier molecular flexibility index (Phi) is 6.03. The molecule has 0 aliphatic heterocycles. The van der Waals surface area contributed by atoms with Gasteiger partial charge in [0.05, 0.1) is 21.4 Å². The zero-order chi connectivity index (χ0) is 18.5. The van der Waals surface area contributed by atoms with Gasteiger partial charge in [0.2, 0.25) is 0 Å². The van der Waals surface area contributed by atoms with Crippen LogP contribution in [0, 0.1) is 17.7 Å². The van der Waals surface area contributed by atoms with E-state index in [0.29, 0.717) is 12.8 Å². The van der Waals surface area contributed by atoms with E-state index in [1.165, 1.54) is 12.1 Å². The molecule has 0 spiro atoms. The van der Waals surface area contributed by atoms with Crippen LogP contribution in [-0.2, 0) is 14.9 Å². The first-order valence-corrected chi connectivity index (χ1v) is 9.36. The van der Waals surface area contributed by atoms with Crippen LogP contribution in [0.25, 0.3) is 0 Å². The Balaban J connectivity index is 2.13. The van der Waals surface area contributed by atoms with Crippen LogP contribution < -0.4 is 4.74 Å². The first kappa shape index (κ1) is 19.2. The third-order valence-electron chi connectivity index (χ3n) is 3.80. The van der Waals surface area contributed by atoms with Crippen LogP contribution in [0.5, 0.6) is 5.75 Å². The molecule has 1 saturated carbocycles. The van der Waals surface area contributed by atoms with Crippen LogP contribution in [0.4, 0.5) is 4.39 Å². The minimum Gasteiger partial charge on any atom is -0.748 e. The van der Waals surface area contributed by atoms with Crippen molar-refractivity contribution in [3.8, 4) is 17.6 Å². The molecule has 0 atom stereocenters. The minimum absolute atomic E-state index is 0.00250. The van der Waals surface area contributed by atoms with Crippen molar-refractivity contribution in [2.75, 3.05) is 12.4 Å². The third kappa shape index (κ3) is 5.44.